The highest BCUT2D eigenvalue weighted by Gasteiger charge is 2.12. The lowest BCUT2D eigenvalue weighted by Crippen LogP contribution is -2.17. The molecule has 1 aromatic rings. The zero-order valence-corrected chi connectivity index (χ0v) is 11.7. The van der Waals surface area contributed by atoms with Gasteiger partial charge >= 0.3 is 0 Å². The Bertz CT molecular complexity index is 424. The number of nitrogens with two attached hydrogens (primary N) is 1. The second kappa shape index (κ2) is 8.61. The second-order valence-corrected chi connectivity index (χ2v) is 4.32. The zero-order valence-electron chi connectivity index (χ0n) is 10.9. The monoisotopic (exact) mass is 286 g/mol. The SMILES string of the molecule is CCCCOCCOc1cccc(Cl)c1C(N)=NO. The van der Waals surface area contributed by atoms with Gasteiger partial charge in [0, 0.05) is 6.61 Å². The van der Waals surface area contributed by atoms with E-state index in [9.17, 15) is 0 Å². The highest BCUT2D eigenvalue weighted by atomic mass is 35.5. The first-order valence-corrected chi connectivity index (χ1v) is 6.55. The quantitative estimate of drug-likeness (QED) is 0.253. The summed E-state index contributed by atoms with van der Waals surface area (Å²) >= 11 is 6.00. The van der Waals surface area contributed by atoms with Gasteiger partial charge in [0.15, 0.2) is 5.84 Å². The van der Waals surface area contributed by atoms with Crippen molar-refractivity contribution in [3.63, 3.8) is 0 Å². The molecule has 0 aliphatic rings. The number of oxime groups is 1. The maximum atomic E-state index is 8.73. The lowest BCUT2D eigenvalue weighted by Gasteiger charge is -2.12. The molecular weight excluding hydrogens is 268 g/mol. The number of unbranched alkanes of at least 4 members (excludes halogenated alkanes) is 1. The van der Waals surface area contributed by atoms with E-state index in [1.165, 1.54) is 0 Å². The Hall–Kier alpha value is -1.46. The van der Waals surface area contributed by atoms with Crippen molar-refractivity contribution in [2.75, 3.05) is 19.8 Å². The van der Waals surface area contributed by atoms with Crippen LogP contribution in [0.15, 0.2) is 23.4 Å². The summed E-state index contributed by atoms with van der Waals surface area (Å²) in [5, 5.41) is 12.1. The van der Waals surface area contributed by atoms with Crippen molar-refractivity contribution in [3.05, 3.63) is 28.8 Å². The normalized spacial score (nSPS) is 11.6. The van der Waals surface area contributed by atoms with E-state index in [1.54, 1.807) is 18.2 Å². The summed E-state index contributed by atoms with van der Waals surface area (Å²) in [6.45, 7) is 3.70. The minimum atomic E-state index is -0.0764. The summed E-state index contributed by atoms with van der Waals surface area (Å²) in [5.41, 5.74) is 5.96. The van der Waals surface area contributed by atoms with E-state index >= 15 is 0 Å². The third-order valence-electron chi connectivity index (χ3n) is 2.47. The van der Waals surface area contributed by atoms with Gasteiger partial charge in [0.05, 0.1) is 17.2 Å². The van der Waals surface area contributed by atoms with Crippen LogP contribution < -0.4 is 10.5 Å². The van der Waals surface area contributed by atoms with Crippen molar-refractivity contribution in [2.45, 2.75) is 19.8 Å². The highest BCUT2D eigenvalue weighted by molar-refractivity contribution is 6.34. The number of halogens is 1. The maximum Gasteiger partial charge on any atom is 0.175 e. The predicted octanol–water partition coefficient (Wildman–Crippen LogP) is 2.63. The van der Waals surface area contributed by atoms with Crippen LogP contribution in [0.2, 0.25) is 5.02 Å². The van der Waals surface area contributed by atoms with E-state index in [0.717, 1.165) is 19.4 Å². The summed E-state index contributed by atoms with van der Waals surface area (Å²) in [5.74, 6) is 0.398. The Morgan fingerprint density at radius 3 is 2.84 bits per heavy atom. The molecule has 0 unspecified atom stereocenters. The molecule has 0 aliphatic heterocycles. The van der Waals surface area contributed by atoms with Gasteiger partial charge in [0.2, 0.25) is 0 Å². The molecule has 0 saturated heterocycles. The Labute approximate surface area is 117 Å². The fraction of sp³-hybridized carbons (Fsp3) is 0.462. The Kier molecular flexibility index (Phi) is 7.07. The molecule has 5 nitrogen and oxygen atoms in total. The molecule has 106 valence electrons. The van der Waals surface area contributed by atoms with Gasteiger partial charge in [0.25, 0.3) is 0 Å². The minimum Gasteiger partial charge on any atom is -0.490 e. The van der Waals surface area contributed by atoms with E-state index in [1.807, 2.05) is 0 Å². The van der Waals surface area contributed by atoms with Crippen LogP contribution >= 0.6 is 11.6 Å². The molecule has 3 N–H and O–H groups in total. The smallest absolute Gasteiger partial charge is 0.175 e. The van der Waals surface area contributed by atoms with Crippen LogP contribution in [-0.4, -0.2) is 30.9 Å². The van der Waals surface area contributed by atoms with Crippen molar-refractivity contribution in [3.8, 4) is 5.75 Å². The second-order valence-electron chi connectivity index (χ2n) is 3.91. The molecule has 0 aromatic heterocycles. The number of hydrogen-bond donors (Lipinski definition) is 2. The molecule has 0 atom stereocenters. The summed E-state index contributed by atoms with van der Waals surface area (Å²) in [6.07, 6.45) is 2.13. The van der Waals surface area contributed by atoms with Gasteiger partial charge in [-0.25, -0.2) is 0 Å². The molecule has 19 heavy (non-hydrogen) atoms. The molecule has 0 aliphatic carbocycles. The van der Waals surface area contributed by atoms with Crippen molar-refractivity contribution >= 4 is 17.4 Å². The molecule has 6 heteroatoms. The van der Waals surface area contributed by atoms with Crippen LogP contribution in [0.1, 0.15) is 25.3 Å². The van der Waals surface area contributed by atoms with Crippen molar-refractivity contribution < 1.29 is 14.7 Å². The van der Waals surface area contributed by atoms with Crippen LogP contribution in [0.3, 0.4) is 0 Å². The molecule has 0 amide bonds. The van der Waals surface area contributed by atoms with E-state index in [-0.39, 0.29) is 5.84 Å². The molecule has 1 aromatic carbocycles. The highest BCUT2D eigenvalue weighted by Crippen LogP contribution is 2.26. The van der Waals surface area contributed by atoms with Gasteiger partial charge in [-0.15, -0.1) is 0 Å². The number of ether oxygens (including phenoxy) is 2. The van der Waals surface area contributed by atoms with Crippen LogP contribution in [-0.2, 0) is 4.74 Å². The molecule has 1 rings (SSSR count). The molecule has 0 bridgehead atoms. The van der Waals surface area contributed by atoms with Crippen LogP contribution in [0.25, 0.3) is 0 Å². The Morgan fingerprint density at radius 2 is 2.16 bits per heavy atom. The number of amidine groups is 1. The van der Waals surface area contributed by atoms with Gasteiger partial charge in [-0.2, -0.15) is 0 Å². The average molecular weight is 287 g/mol. The molecular formula is C13H19ClN2O3. The van der Waals surface area contributed by atoms with Gasteiger partial charge in [0.1, 0.15) is 12.4 Å². The molecule has 0 radical (unpaired) electrons. The lowest BCUT2D eigenvalue weighted by molar-refractivity contribution is 0.0980. The van der Waals surface area contributed by atoms with Crippen LogP contribution in [0.4, 0.5) is 0 Å². The summed E-state index contributed by atoms with van der Waals surface area (Å²) in [6, 6.07) is 5.11. The first kappa shape index (κ1) is 15.6. The molecule has 0 fully saturated rings. The average Bonchev–Trinajstić information content (AvgIpc) is 2.42. The van der Waals surface area contributed by atoms with Gasteiger partial charge in [-0.3, -0.25) is 0 Å². The first-order valence-electron chi connectivity index (χ1n) is 6.17. The van der Waals surface area contributed by atoms with E-state index in [0.29, 0.717) is 29.5 Å². The summed E-state index contributed by atoms with van der Waals surface area (Å²) in [4.78, 5) is 0. The fourth-order valence-corrected chi connectivity index (χ4v) is 1.74. The van der Waals surface area contributed by atoms with Crippen molar-refractivity contribution in [2.24, 2.45) is 10.9 Å². The number of rotatable bonds is 8. The summed E-state index contributed by atoms with van der Waals surface area (Å²) < 4.78 is 10.9. The summed E-state index contributed by atoms with van der Waals surface area (Å²) in [7, 11) is 0. The minimum absolute atomic E-state index is 0.0764. The predicted molar refractivity (Wildman–Crippen MR) is 75.2 cm³/mol. The fourth-order valence-electron chi connectivity index (χ4n) is 1.48. The van der Waals surface area contributed by atoms with E-state index in [4.69, 9.17) is 32.0 Å². The third-order valence-corrected chi connectivity index (χ3v) is 2.78. The van der Waals surface area contributed by atoms with E-state index < -0.39 is 0 Å². The molecule has 0 spiro atoms. The molecule has 0 heterocycles. The maximum absolute atomic E-state index is 8.73. The molecule has 0 saturated carbocycles. The van der Waals surface area contributed by atoms with E-state index in [2.05, 4.69) is 12.1 Å². The number of benzene rings is 1. The van der Waals surface area contributed by atoms with Gasteiger partial charge < -0.3 is 20.4 Å². The number of hydrogen-bond acceptors (Lipinski definition) is 4. The Balaban J connectivity index is 2.56. The number of nitrogens with zero attached hydrogens (tertiary/aromatic N) is 1. The topological polar surface area (TPSA) is 77.1 Å². The van der Waals surface area contributed by atoms with Crippen molar-refractivity contribution in [1.29, 1.82) is 0 Å². The third kappa shape index (κ3) is 4.96. The van der Waals surface area contributed by atoms with Crippen LogP contribution in [0.5, 0.6) is 5.75 Å². The largest absolute Gasteiger partial charge is 0.490 e. The van der Waals surface area contributed by atoms with Crippen LogP contribution in [0, 0.1) is 0 Å². The first-order chi connectivity index (χ1) is 9.20. The van der Waals surface area contributed by atoms with Crippen molar-refractivity contribution in [1.82, 2.24) is 0 Å². The lowest BCUT2D eigenvalue weighted by atomic mass is 10.2. The standard InChI is InChI=1S/C13H19ClN2O3/c1-2-3-7-18-8-9-19-11-6-4-5-10(14)12(11)13(15)16-17/h4-6,17H,2-3,7-9H2,1H3,(H2,15,16). The zero-order chi connectivity index (χ0) is 14.1. The van der Waals surface area contributed by atoms with Gasteiger partial charge in [-0.05, 0) is 18.6 Å². The Morgan fingerprint density at radius 1 is 1.37 bits per heavy atom. The van der Waals surface area contributed by atoms with Gasteiger partial charge in [-0.1, -0.05) is 36.2 Å².